The van der Waals surface area contributed by atoms with E-state index in [1.165, 1.54) is 34.4 Å². The Labute approximate surface area is 228 Å². The predicted molar refractivity (Wildman–Crippen MR) is 149 cm³/mol. The Bertz CT molecular complexity index is 1240. The SMILES string of the molecule is CCOC(=O)c1c(NC(=O)C(C)Sc2nnc(NC(=O)CCc3ccccc3)s2)sc2c1CCCCC2. The second kappa shape index (κ2) is 13.2. The van der Waals surface area contributed by atoms with Gasteiger partial charge in [0.25, 0.3) is 0 Å². The third-order valence-corrected chi connectivity index (χ3v) is 9.15. The Morgan fingerprint density at radius 1 is 1.05 bits per heavy atom. The van der Waals surface area contributed by atoms with Crippen LogP contribution in [0.2, 0.25) is 0 Å². The van der Waals surface area contributed by atoms with Crippen molar-refractivity contribution in [2.75, 3.05) is 17.2 Å². The first-order chi connectivity index (χ1) is 17.9. The molecule has 0 fully saturated rings. The number of aromatic nitrogens is 2. The van der Waals surface area contributed by atoms with Crippen LogP contribution in [-0.4, -0.2) is 39.8 Å². The van der Waals surface area contributed by atoms with Gasteiger partial charge in [-0.3, -0.25) is 9.59 Å². The fraction of sp³-hybridized carbons (Fsp3) is 0.423. The van der Waals surface area contributed by atoms with Crippen molar-refractivity contribution >= 4 is 62.4 Å². The quantitative estimate of drug-likeness (QED) is 0.141. The Kier molecular flexibility index (Phi) is 9.70. The molecule has 1 unspecified atom stereocenters. The zero-order valence-electron chi connectivity index (χ0n) is 20.9. The Morgan fingerprint density at radius 3 is 2.62 bits per heavy atom. The van der Waals surface area contributed by atoms with Gasteiger partial charge in [-0.15, -0.1) is 21.5 Å². The summed E-state index contributed by atoms with van der Waals surface area (Å²) < 4.78 is 5.89. The first kappa shape index (κ1) is 27.3. The number of hydrogen-bond acceptors (Lipinski definition) is 9. The predicted octanol–water partition coefficient (Wildman–Crippen LogP) is 5.74. The number of hydrogen-bond donors (Lipinski definition) is 2. The van der Waals surface area contributed by atoms with E-state index in [-0.39, 0.29) is 24.4 Å². The second-order valence-corrected chi connectivity index (χ2v) is 12.3. The van der Waals surface area contributed by atoms with Gasteiger partial charge >= 0.3 is 5.97 Å². The van der Waals surface area contributed by atoms with Crippen molar-refractivity contribution in [1.29, 1.82) is 0 Å². The van der Waals surface area contributed by atoms with E-state index < -0.39 is 5.25 Å². The average molecular weight is 559 g/mol. The Morgan fingerprint density at radius 2 is 1.84 bits per heavy atom. The molecule has 2 aromatic heterocycles. The van der Waals surface area contributed by atoms with E-state index in [4.69, 9.17) is 4.74 Å². The summed E-state index contributed by atoms with van der Waals surface area (Å²) in [6.07, 6.45) is 5.97. The molecule has 1 aromatic carbocycles. The van der Waals surface area contributed by atoms with Gasteiger partial charge in [-0.05, 0) is 57.1 Å². The monoisotopic (exact) mass is 558 g/mol. The summed E-state index contributed by atoms with van der Waals surface area (Å²) in [5.74, 6) is -0.740. The minimum Gasteiger partial charge on any atom is -0.462 e. The van der Waals surface area contributed by atoms with E-state index in [0.29, 0.717) is 32.9 Å². The number of carbonyl (C=O) groups is 3. The number of amides is 2. The van der Waals surface area contributed by atoms with Crippen LogP contribution in [0.3, 0.4) is 0 Å². The number of nitrogens with one attached hydrogen (secondary N) is 2. The highest BCUT2D eigenvalue weighted by Gasteiger charge is 2.28. The molecule has 37 heavy (non-hydrogen) atoms. The van der Waals surface area contributed by atoms with Crippen molar-refractivity contribution in [3.05, 3.63) is 51.9 Å². The van der Waals surface area contributed by atoms with Crippen LogP contribution in [0.15, 0.2) is 34.7 Å². The number of nitrogens with zero attached hydrogens (tertiary/aromatic N) is 2. The third-order valence-electron chi connectivity index (χ3n) is 5.92. The molecule has 1 aliphatic rings. The Balaban J connectivity index is 1.35. The maximum absolute atomic E-state index is 13.0. The molecule has 0 aliphatic heterocycles. The highest BCUT2D eigenvalue weighted by Crippen LogP contribution is 2.38. The van der Waals surface area contributed by atoms with Gasteiger partial charge in [0.2, 0.25) is 16.9 Å². The van der Waals surface area contributed by atoms with Gasteiger partial charge in [0.05, 0.1) is 17.4 Å². The minimum absolute atomic E-state index is 0.133. The molecule has 0 saturated carbocycles. The van der Waals surface area contributed by atoms with Gasteiger partial charge in [-0.2, -0.15) is 0 Å². The van der Waals surface area contributed by atoms with Gasteiger partial charge in [0.15, 0.2) is 4.34 Å². The zero-order valence-corrected chi connectivity index (χ0v) is 23.3. The standard InChI is InChI=1S/C26H30N4O4S3/c1-3-34-24(33)21-18-12-8-5-9-13-19(18)36-23(21)28-22(32)16(2)35-26-30-29-25(37-26)27-20(31)15-14-17-10-6-4-7-11-17/h4,6-7,10-11,16H,3,5,8-9,12-15H2,1-2H3,(H,28,32)(H,27,29,31). The van der Waals surface area contributed by atoms with Crippen molar-refractivity contribution in [3.8, 4) is 0 Å². The first-order valence-electron chi connectivity index (χ1n) is 12.4. The van der Waals surface area contributed by atoms with Gasteiger partial charge in [-0.25, -0.2) is 4.79 Å². The van der Waals surface area contributed by atoms with Gasteiger partial charge in [0, 0.05) is 11.3 Å². The highest BCUT2D eigenvalue weighted by atomic mass is 32.2. The van der Waals surface area contributed by atoms with Crippen molar-refractivity contribution < 1.29 is 19.1 Å². The molecule has 0 spiro atoms. The van der Waals surface area contributed by atoms with E-state index in [1.54, 1.807) is 13.8 Å². The third kappa shape index (κ3) is 7.39. The van der Waals surface area contributed by atoms with E-state index in [1.807, 2.05) is 30.3 Å². The maximum Gasteiger partial charge on any atom is 0.341 e. The molecule has 4 rings (SSSR count). The van der Waals surface area contributed by atoms with Crippen LogP contribution >= 0.6 is 34.4 Å². The lowest BCUT2D eigenvalue weighted by atomic mass is 10.1. The lowest BCUT2D eigenvalue weighted by molar-refractivity contribution is -0.116. The van der Waals surface area contributed by atoms with E-state index in [0.717, 1.165) is 48.1 Å². The smallest absolute Gasteiger partial charge is 0.341 e. The molecule has 196 valence electrons. The number of rotatable bonds is 10. The molecule has 1 aliphatic carbocycles. The lowest BCUT2D eigenvalue weighted by Crippen LogP contribution is -2.23. The van der Waals surface area contributed by atoms with Crippen LogP contribution in [0, 0.1) is 0 Å². The highest BCUT2D eigenvalue weighted by molar-refractivity contribution is 8.02. The topological polar surface area (TPSA) is 110 Å². The number of aryl methyl sites for hydroxylation is 2. The van der Waals surface area contributed by atoms with E-state index in [2.05, 4.69) is 20.8 Å². The zero-order chi connectivity index (χ0) is 26.2. The largest absolute Gasteiger partial charge is 0.462 e. The molecule has 0 radical (unpaired) electrons. The van der Waals surface area contributed by atoms with Crippen LogP contribution in [0.1, 0.15) is 65.9 Å². The van der Waals surface area contributed by atoms with Crippen molar-refractivity contribution in [3.63, 3.8) is 0 Å². The molecular formula is C26H30N4O4S3. The van der Waals surface area contributed by atoms with Gasteiger partial charge in [0.1, 0.15) is 5.00 Å². The fourth-order valence-electron chi connectivity index (χ4n) is 4.06. The number of thioether (sulfide) groups is 1. The summed E-state index contributed by atoms with van der Waals surface area (Å²) in [4.78, 5) is 39.2. The molecule has 3 aromatic rings. The molecule has 2 amide bonds. The number of thiophene rings is 1. The molecule has 0 bridgehead atoms. The van der Waals surface area contributed by atoms with Crippen LogP contribution in [0.4, 0.5) is 10.1 Å². The minimum atomic E-state index is -0.480. The maximum atomic E-state index is 13.0. The number of anilines is 2. The summed E-state index contributed by atoms with van der Waals surface area (Å²) in [6, 6.07) is 9.82. The van der Waals surface area contributed by atoms with Gasteiger partial charge in [-0.1, -0.05) is 59.9 Å². The normalized spacial score (nSPS) is 13.8. The van der Waals surface area contributed by atoms with Crippen molar-refractivity contribution in [2.45, 2.75) is 68.4 Å². The fourth-order valence-corrected chi connectivity index (χ4v) is 7.25. The molecule has 1 atom stereocenters. The number of fused-ring (bicyclic) bond motifs is 1. The Hall–Kier alpha value is -2.76. The number of esters is 1. The summed E-state index contributed by atoms with van der Waals surface area (Å²) in [7, 11) is 0. The summed E-state index contributed by atoms with van der Waals surface area (Å²) in [5, 5.41) is 14.4. The van der Waals surface area contributed by atoms with Crippen molar-refractivity contribution in [1.82, 2.24) is 10.2 Å². The molecule has 2 heterocycles. The molecule has 11 heteroatoms. The molecule has 2 N–H and O–H groups in total. The molecule has 8 nitrogen and oxygen atoms in total. The average Bonchev–Trinajstić information content (AvgIpc) is 3.39. The molecule has 0 saturated heterocycles. The molecular weight excluding hydrogens is 529 g/mol. The summed E-state index contributed by atoms with van der Waals surface area (Å²) >= 11 is 3.97. The van der Waals surface area contributed by atoms with Crippen molar-refractivity contribution in [2.24, 2.45) is 0 Å². The lowest BCUT2D eigenvalue weighted by Gasteiger charge is -2.11. The number of ether oxygens (including phenoxy) is 1. The van der Waals surface area contributed by atoms with Gasteiger partial charge < -0.3 is 15.4 Å². The van der Waals surface area contributed by atoms with Crippen LogP contribution < -0.4 is 10.6 Å². The van der Waals surface area contributed by atoms with Crippen LogP contribution in [-0.2, 0) is 33.6 Å². The number of benzene rings is 1. The van der Waals surface area contributed by atoms with E-state index >= 15 is 0 Å². The van der Waals surface area contributed by atoms with Crippen LogP contribution in [0.5, 0.6) is 0 Å². The first-order valence-corrected chi connectivity index (χ1v) is 14.9. The number of carbonyl (C=O) groups excluding carboxylic acids is 3. The van der Waals surface area contributed by atoms with E-state index in [9.17, 15) is 14.4 Å². The second-order valence-electron chi connectivity index (χ2n) is 8.65. The summed E-state index contributed by atoms with van der Waals surface area (Å²) in [5.41, 5.74) is 2.62. The summed E-state index contributed by atoms with van der Waals surface area (Å²) in [6.45, 7) is 3.84. The van der Waals surface area contributed by atoms with Crippen LogP contribution in [0.25, 0.3) is 0 Å².